The fraction of sp³-hybridized carbons (Fsp3) is 0.370. The van der Waals surface area contributed by atoms with Crippen LogP contribution in [0, 0.1) is 0 Å². The van der Waals surface area contributed by atoms with Crippen LogP contribution in [0.25, 0.3) is 11.3 Å². The van der Waals surface area contributed by atoms with Crippen molar-refractivity contribution in [3.05, 3.63) is 66.2 Å². The first-order valence-corrected chi connectivity index (χ1v) is 11.7. The number of hydrogen-bond donors (Lipinski definition) is 3. The summed E-state index contributed by atoms with van der Waals surface area (Å²) in [7, 11) is 1.57. The Labute approximate surface area is 201 Å². The molecule has 1 amide bonds. The summed E-state index contributed by atoms with van der Waals surface area (Å²) in [6.45, 7) is 6.52. The molecular formula is C27H33N5O2. The minimum atomic E-state index is -0.468. The molecule has 1 aliphatic rings. The predicted octanol–water partition coefficient (Wildman–Crippen LogP) is 5.24. The van der Waals surface area contributed by atoms with Crippen LogP contribution in [-0.4, -0.2) is 35.3 Å². The van der Waals surface area contributed by atoms with E-state index in [9.17, 15) is 4.79 Å². The maximum absolute atomic E-state index is 12.8. The summed E-state index contributed by atoms with van der Waals surface area (Å²) in [6, 6.07) is 20.0. The molecule has 4 rings (SSSR count). The highest BCUT2D eigenvalue weighted by Crippen LogP contribution is 2.44. The Kier molecular flexibility index (Phi) is 6.84. The number of aromatic nitrogens is 2. The van der Waals surface area contributed by atoms with Crippen molar-refractivity contribution in [3.8, 4) is 11.3 Å². The van der Waals surface area contributed by atoms with Gasteiger partial charge in [-0.1, -0.05) is 48.9 Å². The number of benzene rings is 2. The maximum atomic E-state index is 12.8. The average molecular weight is 460 g/mol. The Hall–Kier alpha value is -3.45. The van der Waals surface area contributed by atoms with Gasteiger partial charge in [0, 0.05) is 30.0 Å². The van der Waals surface area contributed by atoms with E-state index in [2.05, 4.69) is 41.7 Å². The van der Waals surface area contributed by atoms with Crippen LogP contribution in [0.15, 0.2) is 60.7 Å². The molecule has 1 fully saturated rings. The van der Waals surface area contributed by atoms with Crippen molar-refractivity contribution in [2.75, 3.05) is 24.5 Å². The molecule has 0 saturated heterocycles. The van der Waals surface area contributed by atoms with Gasteiger partial charge in [-0.15, -0.1) is 0 Å². The molecule has 0 bridgehead atoms. The highest BCUT2D eigenvalue weighted by Gasteiger charge is 2.45. The maximum Gasteiger partial charge on any atom is 0.232 e. The van der Waals surface area contributed by atoms with Gasteiger partial charge in [-0.05, 0) is 51.3 Å². The number of methoxy groups -OCH3 is 1. The van der Waals surface area contributed by atoms with Gasteiger partial charge < -0.3 is 20.7 Å². The third-order valence-electron chi connectivity index (χ3n) is 6.01. The highest BCUT2D eigenvalue weighted by molar-refractivity contribution is 5.89. The molecule has 2 aromatic carbocycles. The predicted molar refractivity (Wildman–Crippen MR) is 136 cm³/mol. The lowest BCUT2D eigenvalue weighted by molar-refractivity contribution is -0.131. The van der Waals surface area contributed by atoms with E-state index in [1.807, 2.05) is 60.7 Å². The number of nitrogens with one attached hydrogen (secondary N) is 3. The van der Waals surface area contributed by atoms with Crippen LogP contribution < -0.4 is 16.0 Å². The molecule has 1 heterocycles. The molecule has 0 spiro atoms. The zero-order valence-corrected chi connectivity index (χ0v) is 20.3. The van der Waals surface area contributed by atoms with Crippen molar-refractivity contribution in [2.24, 2.45) is 0 Å². The van der Waals surface area contributed by atoms with Gasteiger partial charge in [-0.25, -0.2) is 4.98 Å². The molecule has 1 saturated carbocycles. The number of rotatable bonds is 8. The summed E-state index contributed by atoms with van der Waals surface area (Å²) in [5, 5.41) is 9.65. The molecule has 34 heavy (non-hydrogen) atoms. The summed E-state index contributed by atoms with van der Waals surface area (Å²) < 4.78 is 5.02. The largest absolute Gasteiger partial charge is 0.365 e. The van der Waals surface area contributed by atoms with Gasteiger partial charge in [-0.3, -0.25) is 4.79 Å². The van der Waals surface area contributed by atoms with Gasteiger partial charge in [0.1, 0.15) is 12.5 Å². The molecule has 3 N–H and O–H groups in total. The van der Waals surface area contributed by atoms with Crippen LogP contribution in [0.5, 0.6) is 0 Å². The second-order valence-electron chi connectivity index (χ2n) is 9.78. The lowest BCUT2D eigenvalue weighted by Crippen LogP contribution is -2.49. The third kappa shape index (κ3) is 5.37. The van der Waals surface area contributed by atoms with E-state index in [-0.39, 0.29) is 18.2 Å². The van der Waals surface area contributed by atoms with E-state index < -0.39 is 5.41 Å². The SMILES string of the molecule is COCNC(=O)C1(c2ccc(Nc3nc(NC(C)(C)C)cc(-c4ccccc4)n3)cc2)CCC1. The Morgan fingerprint density at radius 1 is 1.03 bits per heavy atom. The number of ether oxygens (including phenoxy) is 1. The van der Waals surface area contributed by atoms with Crippen molar-refractivity contribution in [1.82, 2.24) is 15.3 Å². The summed E-state index contributed by atoms with van der Waals surface area (Å²) >= 11 is 0. The second-order valence-corrected chi connectivity index (χ2v) is 9.78. The molecule has 7 nitrogen and oxygen atoms in total. The summed E-state index contributed by atoms with van der Waals surface area (Å²) in [6.07, 6.45) is 2.74. The zero-order valence-electron chi connectivity index (χ0n) is 20.3. The molecule has 0 unspecified atom stereocenters. The first kappa shape index (κ1) is 23.7. The Bertz CT molecular complexity index is 1120. The summed E-state index contributed by atoms with van der Waals surface area (Å²) in [4.78, 5) is 22.2. The lowest BCUT2D eigenvalue weighted by Gasteiger charge is -2.40. The Morgan fingerprint density at radius 2 is 1.74 bits per heavy atom. The van der Waals surface area contributed by atoms with Crippen molar-refractivity contribution in [3.63, 3.8) is 0 Å². The molecular weight excluding hydrogens is 426 g/mol. The fourth-order valence-corrected chi connectivity index (χ4v) is 4.19. The Morgan fingerprint density at radius 3 is 2.32 bits per heavy atom. The molecule has 0 aliphatic heterocycles. The molecule has 7 heteroatoms. The van der Waals surface area contributed by atoms with E-state index in [1.54, 1.807) is 7.11 Å². The van der Waals surface area contributed by atoms with E-state index in [4.69, 9.17) is 9.72 Å². The number of amides is 1. The number of nitrogens with zero attached hydrogens (tertiary/aromatic N) is 2. The van der Waals surface area contributed by atoms with Gasteiger partial charge in [0.15, 0.2) is 0 Å². The molecule has 0 atom stereocenters. The third-order valence-corrected chi connectivity index (χ3v) is 6.01. The smallest absolute Gasteiger partial charge is 0.232 e. The molecule has 1 aliphatic carbocycles. The van der Waals surface area contributed by atoms with Crippen LogP contribution >= 0.6 is 0 Å². The Balaban J connectivity index is 1.58. The van der Waals surface area contributed by atoms with Crippen molar-refractivity contribution in [2.45, 2.75) is 51.0 Å². The quantitative estimate of drug-likeness (QED) is 0.399. The zero-order chi connectivity index (χ0) is 24.2. The lowest BCUT2D eigenvalue weighted by atomic mass is 9.64. The summed E-state index contributed by atoms with van der Waals surface area (Å²) in [5.41, 5.74) is 3.14. The minimum Gasteiger partial charge on any atom is -0.365 e. The monoisotopic (exact) mass is 459 g/mol. The van der Waals surface area contributed by atoms with Crippen molar-refractivity contribution in [1.29, 1.82) is 0 Å². The van der Waals surface area contributed by atoms with Crippen LogP contribution in [0.3, 0.4) is 0 Å². The van der Waals surface area contributed by atoms with Crippen LogP contribution in [-0.2, 0) is 14.9 Å². The second kappa shape index (κ2) is 9.81. The van der Waals surface area contributed by atoms with Gasteiger partial charge in [-0.2, -0.15) is 4.98 Å². The van der Waals surface area contributed by atoms with E-state index >= 15 is 0 Å². The van der Waals surface area contributed by atoms with E-state index in [1.165, 1.54) is 0 Å². The standard InChI is InChI=1S/C27H33N5O2/c1-26(2,3)32-23-17-22(19-9-6-5-7-10-19)30-25(31-23)29-21-13-11-20(12-14-21)27(15-8-16-27)24(33)28-18-34-4/h5-7,9-14,17H,8,15-16,18H2,1-4H3,(H,28,33)(H2,29,30,31,32). The molecule has 1 aromatic heterocycles. The van der Waals surface area contributed by atoms with Gasteiger partial charge >= 0.3 is 0 Å². The molecule has 3 aromatic rings. The minimum absolute atomic E-state index is 0.0260. The van der Waals surface area contributed by atoms with Gasteiger partial charge in [0.05, 0.1) is 11.1 Å². The topological polar surface area (TPSA) is 88.2 Å². The van der Waals surface area contributed by atoms with Crippen LogP contribution in [0.2, 0.25) is 0 Å². The first-order chi connectivity index (χ1) is 16.3. The van der Waals surface area contributed by atoms with Crippen LogP contribution in [0.4, 0.5) is 17.5 Å². The van der Waals surface area contributed by atoms with Crippen molar-refractivity contribution >= 4 is 23.4 Å². The summed E-state index contributed by atoms with van der Waals surface area (Å²) in [5.74, 6) is 1.29. The number of hydrogen-bond acceptors (Lipinski definition) is 6. The highest BCUT2D eigenvalue weighted by atomic mass is 16.5. The van der Waals surface area contributed by atoms with Crippen LogP contribution in [0.1, 0.15) is 45.6 Å². The average Bonchev–Trinajstić information content (AvgIpc) is 2.77. The molecule has 178 valence electrons. The van der Waals surface area contributed by atoms with E-state index in [0.717, 1.165) is 47.6 Å². The van der Waals surface area contributed by atoms with Gasteiger partial charge in [0.2, 0.25) is 11.9 Å². The van der Waals surface area contributed by atoms with E-state index in [0.29, 0.717) is 5.95 Å². The number of carbonyl (C=O) groups excluding carboxylic acids is 1. The van der Waals surface area contributed by atoms with Crippen molar-refractivity contribution < 1.29 is 9.53 Å². The normalized spacial score (nSPS) is 14.7. The fourth-order valence-electron chi connectivity index (χ4n) is 4.19. The molecule has 0 radical (unpaired) electrons. The first-order valence-electron chi connectivity index (χ1n) is 11.7. The number of anilines is 3. The number of carbonyl (C=O) groups is 1. The van der Waals surface area contributed by atoms with Gasteiger partial charge in [0.25, 0.3) is 0 Å².